The lowest BCUT2D eigenvalue weighted by atomic mass is 10.2. The highest BCUT2D eigenvalue weighted by Crippen LogP contribution is 2.23. The van der Waals surface area contributed by atoms with Gasteiger partial charge in [-0.15, -0.1) is 0 Å². The van der Waals surface area contributed by atoms with Crippen LogP contribution in [0.4, 0.5) is 0 Å². The van der Waals surface area contributed by atoms with Crippen molar-refractivity contribution < 1.29 is 14.3 Å². The van der Waals surface area contributed by atoms with Crippen LogP contribution in [-0.4, -0.2) is 22.9 Å². The van der Waals surface area contributed by atoms with Gasteiger partial charge in [0.2, 0.25) is 5.88 Å². The summed E-state index contributed by atoms with van der Waals surface area (Å²) in [6.45, 7) is 4.12. The summed E-state index contributed by atoms with van der Waals surface area (Å²) in [6, 6.07) is 16.6. The lowest BCUT2D eigenvalue weighted by Crippen LogP contribution is -2.11. The van der Waals surface area contributed by atoms with Crippen LogP contribution in [0.2, 0.25) is 0 Å². The van der Waals surface area contributed by atoms with Gasteiger partial charge in [-0.1, -0.05) is 37.1 Å². The molecule has 1 heterocycles. The lowest BCUT2D eigenvalue weighted by molar-refractivity contribution is 0.0722. The number of nitrogens with zero attached hydrogens (tertiary/aromatic N) is 2. The number of carbonyl (C=O) groups excluding carboxylic acids is 1. The fraction of sp³-hybridized carbons (Fsp3) is 0.238. The first-order valence-corrected chi connectivity index (χ1v) is 8.63. The van der Waals surface area contributed by atoms with Gasteiger partial charge in [0.25, 0.3) is 0 Å². The zero-order valence-corrected chi connectivity index (χ0v) is 15.2. The Morgan fingerprint density at radius 1 is 1.12 bits per heavy atom. The first-order valence-electron chi connectivity index (χ1n) is 8.63. The van der Waals surface area contributed by atoms with Crippen molar-refractivity contribution in [2.24, 2.45) is 0 Å². The average molecular weight is 350 g/mol. The molecule has 0 saturated heterocycles. The number of carbonyl (C=O) groups is 1. The second kappa shape index (κ2) is 7.87. The van der Waals surface area contributed by atoms with E-state index in [1.54, 1.807) is 36.1 Å². The molecule has 134 valence electrons. The number of hydrogen-bond donors (Lipinski definition) is 0. The highest BCUT2D eigenvalue weighted by atomic mass is 16.5. The lowest BCUT2D eigenvalue weighted by Gasteiger charge is -2.09. The molecule has 0 aliphatic heterocycles. The fourth-order valence-corrected chi connectivity index (χ4v) is 2.64. The third-order valence-electron chi connectivity index (χ3n) is 4.01. The predicted octanol–water partition coefficient (Wildman–Crippen LogP) is 4.36. The Bertz CT molecular complexity index is 898. The van der Waals surface area contributed by atoms with Crippen molar-refractivity contribution in [3.8, 4) is 17.3 Å². The van der Waals surface area contributed by atoms with Gasteiger partial charge in [0.15, 0.2) is 0 Å². The number of aryl methyl sites for hydroxylation is 2. The maximum Gasteiger partial charge on any atom is 0.344 e. The molecule has 3 aromatic rings. The largest absolute Gasteiger partial charge is 0.497 e. The second-order valence-electron chi connectivity index (χ2n) is 6.09. The van der Waals surface area contributed by atoms with Crippen molar-refractivity contribution in [2.75, 3.05) is 7.11 Å². The van der Waals surface area contributed by atoms with E-state index in [0.29, 0.717) is 17.2 Å². The highest BCUT2D eigenvalue weighted by Gasteiger charge is 2.16. The molecule has 1 aromatic heterocycles. The molecule has 0 aliphatic rings. The summed E-state index contributed by atoms with van der Waals surface area (Å²) < 4.78 is 12.5. The van der Waals surface area contributed by atoms with E-state index in [-0.39, 0.29) is 0 Å². The highest BCUT2D eigenvalue weighted by molar-refractivity contribution is 5.91. The number of aromatic nitrogens is 2. The van der Waals surface area contributed by atoms with Gasteiger partial charge in [-0.25, -0.2) is 9.48 Å². The smallest absolute Gasteiger partial charge is 0.344 e. The summed E-state index contributed by atoms with van der Waals surface area (Å²) in [4.78, 5) is 12.6. The minimum atomic E-state index is -0.444. The van der Waals surface area contributed by atoms with Crippen molar-refractivity contribution in [2.45, 2.75) is 26.7 Å². The molecule has 0 amide bonds. The number of ether oxygens (including phenoxy) is 2. The van der Waals surface area contributed by atoms with Gasteiger partial charge >= 0.3 is 5.97 Å². The monoisotopic (exact) mass is 350 g/mol. The van der Waals surface area contributed by atoms with Gasteiger partial charge in [-0.3, -0.25) is 0 Å². The predicted molar refractivity (Wildman–Crippen MR) is 100 cm³/mol. The Labute approximate surface area is 153 Å². The topological polar surface area (TPSA) is 53.4 Å². The molecule has 2 aromatic carbocycles. The van der Waals surface area contributed by atoms with Gasteiger partial charge < -0.3 is 9.47 Å². The number of methoxy groups -OCH3 is 1. The molecule has 0 spiro atoms. The van der Waals surface area contributed by atoms with Gasteiger partial charge in [0.05, 0.1) is 24.1 Å². The number of hydrogen-bond acceptors (Lipinski definition) is 4. The van der Waals surface area contributed by atoms with Crippen LogP contribution >= 0.6 is 0 Å². The van der Waals surface area contributed by atoms with Crippen LogP contribution in [0.1, 0.15) is 35.0 Å². The van der Waals surface area contributed by atoms with Gasteiger partial charge in [0, 0.05) is 6.07 Å². The SMILES string of the molecule is CCCc1cc(OC(=O)c2cccc(OC)c2)n(-c2ccc(C)cc2)n1. The second-order valence-corrected chi connectivity index (χ2v) is 6.09. The minimum absolute atomic E-state index is 0.408. The van der Waals surface area contributed by atoms with Crippen LogP contribution in [0.15, 0.2) is 54.6 Å². The molecule has 0 unspecified atom stereocenters. The van der Waals surface area contributed by atoms with E-state index in [1.165, 1.54) is 0 Å². The van der Waals surface area contributed by atoms with E-state index in [9.17, 15) is 4.79 Å². The van der Waals surface area contributed by atoms with Crippen LogP contribution < -0.4 is 9.47 Å². The molecule has 0 bridgehead atoms. The van der Waals surface area contributed by atoms with E-state index in [0.717, 1.165) is 29.8 Å². The van der Waals surface area contributed by atoms with Crippen molar-refractivity contribution in [3.63, 3.8) is 0 Å². The van der Waals surface area contributed by atoms with Crippen molar-refractivity contribution in [1.29, 1.82) is 0 Å². The Hall–Kier alpha value is -3.08. The fourth-order valence-electron chi connectivity index (χ4n) is 2.64. The Morgan fingerprint density at radius 2 is 1.88 bits per heavy atom. The van der Waals surface area contributed by atoms with Crippen molar-refractivity contribution in [3.05, 3.63) is 71.4 Å². The van der Waals surface area contributed by atoms with Crippen molar-refractivity contribution >= 4 is 5.97 Å². The average Bonchev–Trinajstić information content (AvgIpc) is 3.05. The van der Waals surface area contributed by atoms with Crippen LogP contribution in [0, 0.1) is 6.92 Å². The molecular weight excluding hydrogens is 328 g/mol. The summed E-state index contributed by atoms with van der Waals surface area (Å²) in [7, 11) is 1.56. The third-order valence-corrected chi connectivity index (χ3v) is 4.01. The van der Waals surface area contributed by atoms with E-state index >= 15 is 0 Å². The van der Waals surface area contributed by atoms with Crippen LogP contribution in [0.3, 0.4) is 0 Å². The van der Waals surface area contributed by atoms with Gasteiger partial charge in [-0.05, 0) is 43.7 Å². The number of esters is 1. The molecule has 0 N–H and O–H groups in total. The molecule has 0 atom stereocenters. The summed E-state index contributed by atoms with van der Waals surface area (Å²) in [5.74, 6) is 0.573. The minimum Gasteiger partial charge on any atom is -0.497 e. The van der Waals surface area contributed by atoms with Crippen LogP contribution in [0.25, 0.3) is 5.69 Å². The van der Waals surface area contributed by atoms with Crippen LogP contribution in [0.5, 0.6) is 11.6 Å². The molecule has 0 saturated carbocycles. The summed E-state index contributed by atoms with van der Waals surface area (Å²) in [6.07, 6.45) is 1.79. The van der Waals surface area contributed by atoms with Crippen LogP contribution in [-0.2, 0) is 6.42 Å². The maximum atomic E-state index is 12.6. The first kappa shape index (κ1) is 17.7. The molecule has 3 rings (SSSR count). The van der Waals surface area contributed by atoms with E-state index < -0.39 is 5.97 Å². The maximum absolute atomic E-state index is 12.6. The van der Waals surface area contributed by atoms with Crippen molar-refractivity contribution in [1.82, 2.24) is 9.78 Å². The third kappa shape index (κ3) is 3.94. The molecule has 5 nitrogen and oxygen atoms in total. The van der Waals surface area contributed by atoms with Gasteiger partial charge in [-0.2, -0.15) is 5.10 Å². The zero-order chi connectivity index (χ0) is 18.5. The Kier molecular flexibility index (Phi) is 5.37. The standard InChI is InChI=1S/C21H22N2O3/c1-4-6-17-14-20(23(22-17)18-11-9-15(2)10-12-18)26-21(24)16-7-5-8-19(13-16)25-3/h5,7-14H,4,6H2,1-3H3. The summed E-state index contributed by atoms with van der Waals surface area (Å²) >= 11 is 0. The molecule has 5 heteroatoms. The van der Waals surface area contributed by atoms with E-state index in [2.05, 4.69) is 12.0 Å². The Morgan fingerprint density at radius 3 is 2.58 bits per heavy atom. The number of benzene rings is 2. The molecule has 0 fully saturated rings. The zero-order valence-electron chi connectivity index (χ0n) is 15.2. The molecular formula is C21H22N2O3. The molecule has 0 radical (unpaired) electrons. The number of rotatable bonds is 6. The first-order chi connectivity index (χ1) is 12.6. The summed E-state index contributed by atoms with van der Waals surface area (Å²) in [5.41, 5.74) is 3.33. The van der Waals surface area contributed by atoms with E-state index in [1.807, 2.05) is 37.3 Å². The summed E-state index contributed by atoms with van der Waals surface area (Å²) in [5, 5.41) is 4.60. The van der Waals surface area contributed by atoms with E-state index in [4.69, 9.17) is 9.47 Å². The quantitative estimate of drug-likeness (QED) is 0.620. The molecule has 0 aliphatic carbocycles. The normalized spacial score (nSPS) is 10.6. The molecule has 26 heavy (non-hydrogen) atoms. The van der Waals surface area contributed by atoms with Gasteiger partial charge in [0.1, 0.15) is 5.75 Å². The Balaban J connectivity index is 1.92.